The molecule has 0 saturated heterocycles. The first kappa shape index (κ1) is 9.19. The third kappa shape index (κ3) is 1.39. The fraction of sp³-hybridized carbons (Fsp3) is 0.455. The van der Waals surface area contributed by atoms with E-state index in [0.29, 0.717) is 0 Å². The van der Waals surface area contributed by atoms with E-state index in [1.807, 2.05) is 6.07 Å². The van der Waals surface area contributed by atoms with Gasteiger partial charge < -0.3 is 5.73 Å². The normalized spacial score (nSPS) is 20.2. The first-order chi connectivity index (χ1) is 6.70. The van der Waals surface area contributed by atoms with E-state index in [1.54, 1.807) is 6.20 Å². The van der Waals surface area contributed by atoms with Gasteiger partial charge in [-0.1, -0.05) is 0 Å². The lowest BCUT2D eigenvalue weighted by molar-refractivity contribution is -0.119. The molecule has 2 rings (SSSR count). The summed E-state index contributed by atoms with van der Waals surface area (Å²) in [6.07, 6.45) is 4.67. The molecule has 74 valence electrons. The number of nitrogens with two attached hydrogens (primary N) is 1. The fourth-order valence-corrected chi connectivity index (χ4v) is 2.13. The van der Waals surface area contributed by atoms with E-state index in [4.69, 9.17) is 5.73 Å². The molecule has 1 aromatic heterocycles. The molecule has 0 aromatic carbocycles. The molecule has 0 spiro atoms. The second kappa shape index (κ2) is 3.40. The number of aromatic nitrogens is 1. The second-order valence-corrected chi connectivity index (χ2v) is 3.84. The minimum Gasteiger partial charge on any atom is -0.369 e. The van der Waals surface area contributed by atoms with Gasteiger partial charge in [0.15, 0.2) is 0 Å². The van der Waals surface area contributed by atoms with E-state index >= 15 is 0 Å². The standard InChI is InChI=1S/C11H14N2O/c1-7-5-6-13-10-8(7)3-2-4-9(10)11(12)14/h5-6,9H,2-4H2,1H3,(H2,12,14). The van der Waals surface area contributed by atoms with Gasteiger partial charge in [0.05, 0.1) is 11.6 Å². The van der Waals surface area contributed by atoms with Crippen LogP contribution in [-0.4, -0.2) is 10.9 Å². The topological polar surface area (TPSA) is 56.0 Å². The summed E-state index contributed by atoms with van der Waals surface area (Å²) in [6, 6.07) is 1.99. The third-order valence-electron chi connectivity index (χ3n) is 2.92. The number of hydrogen-bond acceptors (Lipinski definition) is 2. The Morgan fingerprint density at radius 2 is 2.43 bits per heavy atom. The largest absolute Gasteiger partial charge is 0.369 e. The number of nitrogens with zero attached hydrogens (tertiary/aromatic N) is 1. The molecule has 0 fully saturated rings. The van der Waals surface area contributed by atoms with Gasteiger partial charge in [-0.2, -0.15) is 0 Å². The molecule has 0 aliphatic heterocycles. The van der Waals surface area contributed by atoms with Crippen molar-refractivity contribution in [2.24, 2.45) is 5.73 Å². The van der Waals surface area contributed by atoms with Crippen LogP contribution in [0.5, 0.6) is 0 Å². The molecule has 0 radical (unpaired) electrons. The molecule has 1 aliphatic rings. The van der Waals surface area contributed by atoms with Gasteiger partial charge in [-0.25, -0.2) is 0 Å². The molecule has 3 nitrogen and oxygen atoms in total. The molecule has 1 aromatic rings. The molecule has 1 heterocycles. The predicted octanol–water partition coefficient (Wildman–Crippen LogP) is 1.30. The van der Waals surface area contributed by atoms with Crippen LogP contribution in [0.4, 0.5) is 0 Å². The number of carbonyl (C=O) groups excluding carboxylic acids is 1. The SMILES string of the molecule is Cc1ccnc2c1CCCC2C(N)=O. The molecule has 1 aliphatic carbocycles. The minimum absolute atomic E-state index is 0.168. The predicted molar refractivity (Wildman–Crippen MR) is 53.8 cm³/mol. The van der Waals surface area contributed by atoms with Crippen molar-refractivity contribution >= 4 is 5.91 Å². The number of primary amides is 1. The van der Waals surface area contributed by atoms with Gasteiger partial charge >= 0.3 is 0 Å². The number of fused-ring (bicyclic) bond motifs is 1. The Morgan fingerprint density at radius 1 is 1.64 bits per heavy atom. The lowest BCUT2D eigenvalue weighted by Gasteiger charge is -2.22. The van der Waals surface area contributed by atoms with E-state index in [2.05, 4.69) is 11.9 Å². The van der Waals surface area contributed by atoms with E-state index in [9.17, 15) is 4.79 Å². The van der Waals surface area contributed by atoms with E-state index in [1.165, 1.54) is 11.1 Å². The van der Waals surface area contributed by atoms with Crippen molar-refractivity contribution in [3.63, 3.8) is 0 Å². The van der Waals surface area contributed by atoms with Crippen LogP contribution in [0, 0.1) is 6.92 Å². The summed E-state index contributed by atoms with van der Waals surface area (Å²) in [4.78, 5) is 15.5. The lowest BCUT2D eigenvalue weighted by Crippen LogP contribution is -2.26. The summed E-state index contributed by atoms with van der Waals surface area (Å²) in [5.74, 6) is -0.414. The Hall–Kier alpha value is -1.38. The first-order valence-corrected chi connectivity index (χ1v) is 4.94. The Labute approximate surface area is 83.3 Å². The number of hydrogen-bond donors (Lipinski definition) is 1. The number of rotatable bonds is 1. The minimum atomic E-state index is -0.246. The van der Waals surface area contributed by atoms with Crippen LogP contribution in [-0.2, 0) is 11.2 Å². The smallest absolute Gasteiger partial charge is 0.226 e. The molecule has 1 atom stereocenters. The molecule has 1 unspecified atom stereocenters. The Morgan fingerprint density at radius 3 is 3.14 bits per heavy atom. The van der Waals surface area contributed by atoms with E-state index < -0.39 is 0 Å². The van der Waals surface area contributed by atoms with Crippen molar-refractivity contribution in [3.05, 3.63) is 29.1 Å². The number of pyridine rings is 1. The van der Waals surface area contributed by atoms with Crippen LogP contribution in [0.25, 0.3) is 0 Å². The van der Waals surface area contributed by atoms with Crippen LogP contribution in [0.15, 0.2) is 12.3 Å². The number of amides is 1. The Balaban J connectivity index is 2.49. The van der Waals surface area contributed by atoms with Crippen molar-refractivity contribution in [1.29, 1.82) is 0 Å². The van der Waals surface area contributed by atoms with Gasteiger partial charge in [0.2, 0.25) is 5.91 Å². The van der Waals surface area contributed by atoms with Gasteiger partial charge in [0.1, 0.15) is 0 Å². The van der Waals surface area contributed by atoms with Gasteiger partial charge in [-0.3, -0.25) is 9.78 Å². The first-order valence-electron chi connectivity index (χ1n) is 4.94. The number of aryl methyl sites for hydroxylation is 1. The zero-order chi connectivity index (χ0) is 10.1. The highest BCUT2D eigenvalue weighted by Gasteiger charge is 2.26. The van der Waals surface area contributed by atoms with Gasteiger partial charge in [-0.05, 0) is 43.4 Å². The summed E-state index contributed by atoms with van der Waals surface area (Å²) in [5.41, 5.74) is 8.71. The third-order valence-corrected chi connectivity index (χ3v) is 2.92. The average molecular weight is 190 g/mol. The highest BCUT2D eigenvalue weighted by molar-refractivity contribution is 5.82. The molecule has 1 amide bonds. The van der Waals surface area contributed by atoms with Gasteiger partial charge in [-0.15, -0.1) is 0 Å². The van der Waals surface area contributed by atoms with Gasteiger partial charge in [0.25, 0.3) is 0 Å². The van der Waals surface area contributed by atoms with Crippen LogP contribution in [0.1, 0.15) is 35.6 Å². The highest BCUT2D eigenvalue weighted by atomic mass is 16.1. The van der Waals surface area contributed by atoms with Crippen LogP contribution in [0.2, 0.25) is 0 Å². The van der Waals surface area contributed by atoms with Crippen LogP contribution >= 0.6 is 0 Å². The molecule has 0 saturated carbocycles. The van der Waals surface area contributed by atoms with Crippen LogP contribution in [0.3, 0.4) is 0 Å². The molecule has 3 heteroatoms. The van der Waals surface area contributed by atoms with Crippen LogP contribution < -0.4 is 5.73 Å². The van der Waals surface area contributed by atoms with Crippen molar-refractivity contribution in [2.75, 3.05) is 0 Å². The maximum Gasteiger partial charge on any atom is 0.226 e. The second-order valence-electron chi connectivity index (χ2n) is 3.84. The van der Waals surface area contributed by atoms with Crippen molar-refractivity contribution in [3.8, 4) is 0 Å². The maximum absolute atomic E-state index is 11.2. The summed E-state index contributed by atoms with van der Waals surface area (Å²) in [5, 5.41) is 0. The van der Waals surface area contributed by atoms with Crippen molar-refractivity contribution < 1.29 is 4.79 Å². The molecule has 0 bridgehead atoms. The summed E-state index contributed by atoms with van der Waals surface area (Å²) < 4.78 is 0. The fourth-order valence-electron chi connectivity index (χ4n) is 2.13. The molecule has 2 N–H and O–H groups in total. The van der Waals surface area contributed by atoms with Crippen molar-refractivity contribution in [1.82, 2.24) is 4.98 Å². The average Bonchev–Trinajstić information content (AvgIpc) is 2.17. The summed E-state index contributed by atoms with van der Waals surface area (Å²) >= 11 is 0. The zero-order valence-electron chi connectivity index (χ0n) is 8.29. The maximum atomic E-state index is 11.2. The zero-order valence-corrected chi connectivity index (χ0v) is 8.29. The summed E-state index contributed by atoms with van der Waals surface area (Å²) in [7, 11) is 0. The number of carbonyl (C=O) groups is 1. The van der Waals surface area contributed by atoms with E-state index in [-0.39, 0.29) is 11.8 Å². The van der Waals surface area contributed by atoms with Gasteiger partial charge in [0, 0.05) is 6.20 Å². The Bertz CT molecular complexity index is 374. The monoisotopic (exact) mass is 190 g/mol. The molecule has 14 heavy (non-hydrogen) atoms. The van der Waals surface area contributed by atoms with E-state index in [0.717, 1.165) is 25.0 Å². The quantitative estimate of drug-likeness (QED) is 0.725. The molecular formula is C11H14N2O. The summed E-state index contributed by atoms with van der Waals surface area (Å²) in [6.45, 7) is 2.06. The van der Waals surface area contributed by atoms with Crippen molar-refractivity contribution in [2.45, 2.75) is 32.1 Å². The lowest BCUT2D eigenvalue weighted by atomic mass is 9.84. The Kier molecular flexibility index (Phi) is 2.23. The molecular weight excluding hydrogens is 176 g/mol. The highest BCUT2D eigenvalue weighted by Crippen LogP contribution is 2.31.